The van der Waals surface area contributed by atoms with Crippen LogP contribution in [0, 0.1) is 6.92 Å². The molecule has 4 rings (SSSR count). The first-order chi connectivity index (χ1) is 21.1. The molecule has 4 aromatic rings. The van der Waals surface area contributed by atoms with Crippen molar-refractivity contribution in [2.75, 3.05) is 10.8 Å². The van der Waals surface area contributed by atoms with Crippen molar-refractivity contribution in [2.24, 2.45) is 0 Å². The van der Waals surface area contributed by atoms with E-state index < -0.39 is 28.5 Å². The molecule has 0 heterocycles. The van der Waals surface area contributed by atoms with Gasteiger partial charge >= 0.3 is 0 Å². The maximum absolute atomic E-state index is 14.5. The van der Waals surface area contributed by atoms with Crippen molar-refractivity contribution in [1.29, 1.82) is 0 Å². The van der Waals surface area contributed by atoms with Gasteiger partial charge < -0.3 is 10.2 Å². The molecule has 44 heavy (non-hydrogen) atoms. The number of benzene rings is 4. The van der Waals surface area contributed by atoms with Gasteiger partial charge in [0, 0.05) is 24.0 Å². The lowest BCUT2D eigenvalue weighted by molar-refractivity contribution is -0.140. The molecule has 0 spiro atoms. The Morgan fingerprint density at radius 1 is 0.841 bits per heavy atom. The summed E-state index contributed by atoms with van der Waals surface area (Å²) in [7, 11) is -4.15. The van der Waals surface area contributed by atoms with Crippen LogP contribution in [0.15, 0.2) is 114 Å². The fourth-order valence-corrected chi connectivity index (χ4v) is 6.62. The number of rotatable bonds is 13. The highest BCUT2D eigenvalue weighted by Crippen LogP contribution is 2.28. The first-order valence-electron chi connectivity index (χ1n) is 14.6. The Kier molecular flexibility index (Phi) is 11.2. The highest BCUT2D eigenvalue weighted by atomic mass is 35.5. The summed E-state index contributed by atoms with van der Waals surface area (Å²) in [5.41, 5.74) is 2.66. The van der Waals surface area contributed by atoms with E-state index >= 15 is 0 Å². The fourth-order valence-electron chi connectivity index (χ4n) is 4.90. The Bertz CT molecular complexity index is 1670. The minimum Gasteiger partial charge on any atom is -0.352 e. The predicted octanol–water partition coefficient (Wildman–Crippen LogP) is 6.40. The summed E-state index contributed by atoms with van der Waals surface area (Å²) in [5.74, 6) is -0.833. The van der Waals surface area contributed by atoms with Crippen molar-refractivity contribution >= 4 is 39.1 Å². The highest BCUT2D eigenvalue weighted by molar-refractivity contribution is 7.92. The number of carbonyl (C=O) groups is 2. The number of sulfonamides is 1. The number of hydrogen-bond acceptors (Lipinski definition) is 4. The summed E-state index contributed by atoms with van der Waals surface area (Å²) in [6, 6.07) is 30.6. The first-order valence-corrected chi connectivity index (χ1v) is 16.4. The summed E-state index contributed by atoms with van der Waals surface area (Å²) in [4.78, 5) is 29.9. The third kappa shape index (κ3) is 8.27. The van der Waals surface area contributed by atoms with Gasteiger partial charge in [-0.25, -0.2) is 8.42 Å². The fraction of sp³-hybridized carbons (Fsp3) is 0.257. The molecular weight excluding hydrogens is 594 g/mol. The molecule has 0 aliphatic carbocycles. The van der Waals surface area contributed by atoms with Crippen LogP contribution in [0.5, 0.6) is 0 Å². The molecular formula is C35H38ClN3O4S. The zero-order chi connectivity index (χ0) is 31.7. The first kappa shape index (κ1) is 32.8. The highest BCUT2D eigenvalue weighted by Gasteiger charge is 2.35. The molecule has 0 bridgehead atoms. The van der Waals surface area contributed by atoms with Gasteiger partial charge in [0.25, 0.3) is 10.0 Å². The number of amides is 2. The number of anilines is 1. The lowest BCUT2D eigenvalue weighted by atomic mass is 10.0. The summed E-state index contributed by atoms with van der Waals surface area (Å²) in [5, 5.41) is 3.53. The third-order valence-electron chi connectivity index (χ3n) is 7.51. The summed E-state index contributed by atoms with van der Waals surface area (Å²) >= 11 is 6.31. The number of para-hydroxylation sites is 1. The van der Waals surface area contributed by atoms with E-state index in [1.165, 1.54) is 17.0 Å². The quantitative estimate of drug-likeness (QED) is 0.185. The SMILES string of the molecule is CC[C@H](C)NC(=O)[C@@H](Cc1ccccc1)N(Cc1cccc(Cl)c1)C(=O)CN(c1ccccc1C)S(=O)(=O)c1ccccc1. The molecule has 2 atom stereocenters. The molecule has 9 heteroatoms. The van der Waals surface area contributed by atoms with Gasteiger partial charge in [-0.3, -0.25) is 13.9 Å². The summed E-state index contributed by atoms with van der Waals surface area (Å²) in [6.07, 6.45) is 0.952. The molecule has 0 aliphatic rings. The maximum atomic E-state index is 14.5. The second kappa shape index (κ2) is 15.0. The predicted molar refractivity (Wildman–Crippen MR) is 176 cm³/mol. The molecule has 0 saturated heterocycles. The van der Waals surface area contributed by atoms with Crippen LogP contribution in [-0.4, -0.2) is 43.8 Å². The van der Waals surface area contributed by atoms with Gasteiger partial charge in [-0.1, -0.05) is 97.4 Å². The second-order valence-electron chi connectivity index (χ2n) is 10.8. The molecule has 0 radical (unpaired) electrons. The average Bonchev–Trinajstić information content (AvgIpc) is 3.02. The van der Waals surface area contributed by atoms with Gasteiger partial charge in [-0.2, -0.15) is 0 Å². The topological polar surface area (TPSA) is 86.8 Å². The maximum Gasteiger partial charge on any atom is 0.264 e. The number of halogens is 1. The van der Waals surface area contributed by atoms with Crippen LogP contribution < -0.4 is 9.62 Å². The molecule has 0 fully saturated rings. The molecule has 230 valence electrons. The minimum absolute atomic E-state index is 0.0534. The van der Waals surface area contributed by atoms with Crippen molar-refractivity contribution in [1.82, 2.24) is 10.2 Å². The van der Waals surface area contributed by atoms with Crippen LogP contribution in [0.2, 0.25) is 5.02 Å². The van der Waals surface area contributed by atoms with Gasteiger partial charge in [0.2, 0.25) is 11.8 Å². The Labute approximate surface area is 265 Å². The molecule has 4 aromatic carbocycles. The molecule has 0 unspecified atom stereocenters. The van der Waals surface area contributed by atoms with Crippen LogP contribution >= 0.6 is 11.6 Å². The van der Waals surface area contributed by atoms with Crippen LogP contribution in [0.4, 0.5) is 5.69 Å². The third-order valence-corrected chi connectivity index (χ3v) is 9.52. The largest absolute Gasteiger partial charge is 0.352 e. The van der Waals surface area contributed by atoms with Crippen LogP contribution in [0.25, 0.3) is 0 Å². The zero-order valence-electron chi connectivity index (χ0n) is 25.2. The second-order valence-corrected chi connectivity index (χ2v) is 13.1. The van der Waals surface area contributed by atoms with Crippen molar-refractivity contribution in [3.8, 4) is 0 Å². The van der Waals surface area contributed by atoms with Crippen LogP contribution in [-0.2, 0) is 32.6 Å². The lowest BCUT2D eigenvalue weighted by Crippen LogP contribution is -2.54. The molecule has 0 saturated carbocycles. The van der Waals surface area contributed by atoms with Crippen molar-refractivity contribution in [3.05, 3.63) is 131 Å². The van der Waals surface area contributed by atoms with Crippen molar-refractivity contribution in [3.63, 3.8) is 0 Å². The van der Waals surface area contributed by atoms with E-state index in [-0.39, 0.29) is 29.8 Å². The van der Waals surface area contributed by atoms with E-state index in [9.17, 15) is 18.0 Å². The number of nitrogens with zero attached hydrogens (tertiary/aromatic N) is 2. The average molecular weight is 632 g/mol. The Morgan fingerprint density at radius 2 is 1.45 bits per heavy atom. The summed E-state index contributed by atoms with van der Waals surface area (Å²) in [6.45, 7) is 5.23. The minimum atomic E-state index is -4.15. The van der Waals surface area contributed by atoms with Crippen molar-refractivity contribution < 1.29 is 18.0 Å². The molecule has 7 nitrogen and oxygen atoms in total. The standard InChI is InChI=1S/C35H38ClN3O4S/c1-4-27(3)37-35(41)33(23-28-15-7-5-8-16-28)38(24-29-17-13-18-30(36)22-29)34(40)25-39(32-21-12-11-14-26(32)2)44(42,43)31-19-9-6-10-20-31/h5-22,27,33H,4,23-25H2,1-3H3,(H,37,41)/t27-,33+/m0/s1. The Balaban J connectivity index is 1.81. The van der Waals surface area contributed by atoms with E-state index in [1.54, 1.807) is 61.5 Å². The molecule has 1 N–H and O–H groups in total. The Hall–Kier alpha value is -4.14. The van der Waals surface area contributed by atoms with Crippen molar-refractivity contribution in [2.45, 2.75) is 57.1 Å². The summed E-state index contributed by atoms with van der Waals surface area (Å²) < 4.78 is 29.3. The monoisotopic (exact) mass is 631 g/mol. The molecule has 0 aliphatic heterocycles. The van der Waals surface area contributed by atoms with Gasteiger partial charge in [0.05, 0.1) is 10.6 Å². The van der Waals surface area contributed by atoms with E-state index in [0.29, 0.717) is 28.3 Å². The molecule has 0 aromatic heterocycles. The lowest BCUT2D eigenvalue weighted by Gasteiger charge is -2.34. The smallest absolute Gasteiger partial charge is 0.264 e. The van der Waals surface area contributed by atoms with Gasteiger partial charge in [0.1, 0.15) is 12.6 Å². The van der Waals surface area contributed by atoms with Gasteiger partial charge in [0.15, 0.2) is 0 Å². The normalized spacial score (nSPS) is 12.6. The van der Waals surface area contributed by atoms with Crippen LogP contribution in [0.3, 0.4) is 0 Å². The molecule has 2 amide bonds. The van der Waals surface area contributed by atoms with Gasteiger partial charge in [-0.15, -0.1) is 0 Å². The zero-order valence-corrected chi connectivity index (χ0v) is 26.8. The van der Waals surface area contributed by atoms with E-state index in [2.05, 4.69) is 5.32 Å². The number of hydrogen-bond donors (Lipinski definition) is 1. The number of nitrogens with one attached hydrogen (secondary N) is 1. The Morgan fingerprint density at radius 3 is 2.09 bits per heavy atom. The number of aryl methyl sites for hydroxylation is 1. The van der Waals surface area contributed by atoms with E-state index in [0.717, 1.165) is 9.87 Å². The number of carbonyl (C=O) groups excluding carboxylic acids is 2. The van der Waals surface area contributed by atoms with Gasteiger partial charge in [-0.05, 0) is 67.3 Å². The van der Waals surface area contributed by atoms with Crippen LogP contribution in [0.1, 0.15) is 37.0 Å². The van der Waals surface area contributed by atoms with E-state index in [1.807, 2.05) is 56.3 Å². The van der Waals surface area contributed by atoms with E-state index in [4.69, 9.17) is 11.6 Å².